The maximum atomic E-state index is 11.4. The summed E-state index contributed by atoms with van der Waals surface area (Å²) < 4.78 is 6.96. The predicted octanol–water partition coefficient (Wildman–Crippen LogP) is 2.21. The largest absolute Gasteiger partial charge is 0.426 e. The number of hydrogen-bond donors (Lipinski definition) is 3. The van der Waals surface area contributed by atoms with Crippen molar-refractivity contribution in [2.24, 2.45) is 5.92 Å². The van der Waals surface area contributed by atoms with Crippen molar-refractivity contribution in [2.75, 3.05) is 17.2 Å². The van der Waals surface area contributed by atoms with Crippen molar-refractivity contribution in [3.05, 3.63) is 29.8 Å². The van der Waals surface area contributed by atoms with Gasteiger partial charge in [0.1, 0.15) is 5.75 Å². The standard InChI is InChI=1S/C20H27N7O3/c1-5-27-19-17(25-26-27)18(23-20(24-19)22-15(11-28)12(2)3)21-10-14-8-6-7-9-16(14)30-13(4)29/h6-9,12,15,28H,5,10-11H2,1-4H3,(H2,21,22,23,24). The molecule has 3 N–H and O–H groups in total. The monoisotopic (exact) mass is 413 g/mol. The Kier molecular flexibility index (Phi) is 6.78. The van der Waals surface area contributed by atoms with E-state index in [1.54, 1.807) is 16.8 Å². The summed E-state index contributed by atoms with van der Waals surface area (Å²) in [6.07, 6.45) is 0. The number of aliphatic hydroxyl groups excluding tert-OH is 1. The number of carbonyl (C=O) groups excluding carboxylic acids is 1. The Morgan fingerprint density at radius 2 is 2.03 bits per heavy atom. The van der Waals surface area contributed by atoms with Crippen molar-refractivity contribution >= 4 is 28.9 Å². The normalized spacial score (nSPS) is 12.2. The Bertz CT molecular complexity index is 1020. The molecule has 0 amide bonds. The minimum Gasteiger partial charge on any atom is -0.426 e. The zero-order valence-corrected chi connectivity index (χ0v) is 17.6. The minimum atomic E-state index is -0.381. The molecule has 160 valence electrons. The molecule has 10 nitrogen and oxygen atoms in total. The molecule has 0 bridgehead atoms. The molecule has 0 saturated heterocycles. The van der Waals surface area contributed by atoms with E-state index in [0.29, 0.717) is 41.8 Å². The van der Waals surface area contributed by atoms with Crippen molar-refractivity contribution in [3.8, 4) is 5.75 Å². The number of aryl methyl sites for hydroxylation is 1. The summed E-state index contributed by atoms with van der Waals surface area (Å²) in [5.41, 5.74) is 1.93. The maximum absolute atomic E-state index is 11.4. The summed E-state index contributed by atoms with van der Waals surface area (Å²) in [6.45, 7) is 8.27. The van der Waals surface area contributed by atoms with E-state index in [9.17, 15) is 9.90 Å². The van der Waals surface area contributed by atoms with Gasteiger partial charge >= 0.3 is 5.97 Å². The first-order valence-corrected chi connectivity index (χ1v) is 9.91. The number of anilines is 2. The van der Waals surface area contributed by atoms with E-state index in [0.717, 1.165) is 5.56 Å². The van der Waals surface area contributed by atoms with Crippen LogP contribution in [0.1, 0.15) is 33.3 Å². The van der Waals surface area contributed by atoms with Crippen LogP contribution in [0.3, 0.4) is 0 Å². The fourth-order valence-corrected chi connectivity index (χ4v) is 2.93. The van der Waals surface area contributed by atoms with Crippen LogP contribution >= 0.6 is 0 Å². The highest BCUT2D eigenvalue weighted by Gasteiger charge is 2.18. The van der Waals surface area contributed by atoms with Gasteiger partial charge in [0.25, 0.3) is 0 Å². The highest BCUT2D eigenvalue weighted by molar-refractivity contribution is 5.83. The summed E-state index contributed by atoms with van der Waals surface area (Å²) in [7, 11) is 0. The lowest BCUT2D eigenvalue weighted by molar-refractivity contribution is -0.131. The maximum Gasteiger partial charge on any atom is 0.308 e. The number of esters is 1. The summed E-state index contributed by atoms with van der Waals surface area (Å²) >= 11 is 0. The van der Waals surface area contributed by atoms with Crippen molar-refractivity contribution in [1.82, 2.24) is 25.0 Å². The Balaban J connectivity index is 1.93. The number of benzene rings is 1. The third kappa shape index (κ3) is 4.82. The second kappa shape index (κ2) is 9.49. The molecule has 0 fully saturated rings. The number of carbonyl (C=O) groups is 1. The first-order valence-electron chi connectivity index (χ1n) is 9.91. The smallest absolute Gasteiger partial charge is 0.308 e. The molecule has 2 heterocycles. The van der Waals surface area contributed by atoms with Crippen LogP contribution in [0.15, 0.2) is 24.3 Å². The van der Waals surface area contributed by atoms with Gasteiger partial charge in [-0.3, -0.25) is 4.79 Å². The number of nitrogens with one attached hydrogen (secondary N) is 2. The van der Waals surface area contributed by atoms with Crippen molar-refractivity contribution in [1.29, 1.82) is 0 Å². The zero-order valence-electron chi connectivity index (χ0n) is 17.6. The number of ether oxygens (including phenoxy) is 1. The number of para-hydroxylation sites is 1. The molecule has 0 aliphatic heterocycles. The first kappa shape index (κ1) is 21.4. The number of hydrogen-bond acceptors (Lipinski definition) is 9. The summed E-state index contributed by atoms with van der Waals surface area (Å²) in [5.74, 6) is 1.17. The predicted molar refractivity (Wildman–Crippen MR) is 113 cm³/mol. The van der Waals surface area contributed by atoms with E-state index in [1.807, 2.05) is 32.9 Å². The molecular weight excluding hydrogens is 386 g/mol. The average Bonchev–Trinajstić information content (AvgIpc) is 3.13. The molecule has 1 unspecified atom stereocenters. The summed E-state index contributed by atoms with van der Waals surface area (Å²) in [6, 6.07) is 7.09. The van der Waals surface area contributed by atoms with Crippen LogP contribution in [-0.4, -0.2) is 48.7 Å². The van der Waals surface area contributed by atoms with Gasteiger partial charge in [-0.15, -0.1) is 5.10 Å². The third-order valence-electron chi connectivity index (χ3n) is 4.65. The van der Waals surface area contributed by atoms with Crippen LogP contribution in [0, 0.1) is 5.92 Å². The lowest BCUT2D eigenvalue weighted by Crippen LogP contribution is -2.30. The van der Waals surface area contributed by atoms with Crippen LogP contribution in [0.25, 0.3) is 11.2 Å². The lowest BCUT2D eigenvalue weighted by Gasteiger charge is -2.20. The summed E-state index contributed by atoms with van der Waals surface area (Å²) in [4.78, 5) is 20.5. The van der Waals surface area contributed by atoms with E-state index in [1.165, 1.54) is 6.92 Å². The molecule has 2 aromatic heterocycles. The van der Waals surface area contributed by atoms with Gasteiger partial charge in [-0.05, 0) is 18.9 Å². The third-order valence-corrected chi connectivity index (χ3v) is 4.65. The number of aromatic nitrogens is 5. The van der Waals surface area contributed by atoms with Crippen LogP contribution < -0.4 is 15.4 Å². The quantitative estimate of drug-likeness (QED) is 0.357. The number of nitrogens with zero attached hydrogens (tertiary/aromatic N) is 5. The average molecular weight is 413 g/mol. The van der Waals surface area contributed by atoms with Gasteiger partial charge in [0.2, 0.25) is 5.95 Å². The molecule has 1 atom stereocenters. The highest BCUT2D eigenvalue weighted by atomic mass is 16.5. The van der Waals surface area contributed by atoms with Gasteiger partial charge in [0.05, 0.1) is 12.6 Å². The van der Waals surface area contributed by atoms with E-state index in [2.05, 4.69) is 30.9 Å². The lowest BCUT2D eigenvalue weighted by atomic mass is 10.1. The molecule has 10 heteroatoms. The second-order valence-electron chi connectivity index (χ2n) is 7.21. The SMILES string of the molecule is CCn1nnc2c(NCc3ccccc3OC(C)=O)nc(NC(CO)C(C)C)nc21. The van der Waals surface area contributed by atoms with Gasteiger partial charge in [-0.1, -0.05) is 37.3 Å². The van der Waals surface area contributed by atoms with Gasteiger partial charge in [-0.25, -0.2) is 4.68 Å². The Morgan fingerprint density at radius 1 is 1.27 bits per heavy atom. The van der Waals surface area contributed by atoms with Crippen LogP contribution in [0.5, 0.6) is 5.75 Å². The zero-order chi connectivity index (χ0) is 21.7. The molecule has 0 saturated carbocycles. The van der Waals surface area contributed by atoms with Crippen LogP contribution in [-0.2, 0) is 17.9 Å². The van der Waals surface area contributed by atoms with E-state index in [-0.39, 0.29) is 24.5 Å². The molecule has 30 heavy (non-hydrogen) atoms. The first-order chi connectivity index (χ1) is 14.4. The summed E-state index contributed by atoms with van der Waals surface area (Å²) in [5, 5.41) is 24.4. The van der Waals surface area contributed by atoms with Crippen LogP contribution in [0.2, 0.25) is 0 Å². The molecule has 0 spiro atoms. The Morgan fingerprint density at radius 3 is 2.70 bits per heavy atom. The molecular formula is C20H27N7O3. The van der Waals surface area contributed by atoms with Crippen molar-refractivity contribution in [3.63, 3.8) is 0 Å². The second-order valence-corrected chi connectivity index (χ2v) is 7.21. The van der Waals surface area contributed by atoms with E-state index < -0.39 is 0 Å². The van der Waals surface area contributed by atoms with Gasteiger partial charge in [0.15, 0.2) is 17.0 Å². The molecule has 3 aromatic rings. The number of rotatable bonds is 9. The number of aliphatic hydroxyl groups is 1. The van der Waals surface area contributed by atoms with Gasteiger partial charge in [-0.2, -0.15) is 9.97 Å². The molecule has 0 radical (unpaired) electrons. The Hall–Kier alpha value is -3.27. The topological polar surface area (TPSA) is 127 Å². The van der Waals surface area contributed by atoms with Gasteiger partial charge in [0, 0.05) is 25.6 Å². The number of fused-ring (bicyclic) bond motifs is 1. The minimum absolute atomic E-state index is 0.0388. The molecule has 3 rings (SSSR count). The molecule has 0 aliphatic rings. The molecule has 1 aromatic carbocycles. The molecule has 0 aliphatic carbocycles. The van der Waals surface area contributed by atoms with Gasteiger partial charge < -0.3 is 20.5 Å². The fraction of sp³-hybridized carbons (Fsp3) is 0.450. The van der Waals surface area contributed by atoms with Crippen molar-refractivity contribution in [2.45, 2.75) is 46.8 Å². The fourth-order valence-electron chi connectivity index (χ4n) is 2.93. The highest BCUT2D eigenvalue weighted by Crippen LogP contribution is 2.24. The van der Waals surface area contributed by atoms with E-state index in [4.69, 9.17) is 4.74 Å². The van der Waals surface area contributed by atoms with Crippen LogP contribution in [0.4, 0.5) is 11.8 Å². The Labute approximate surface area is 174 Å². The van der Waals surface area contributed by atoms with E-state index >= 15 is 0 Å². The van der Waals surface area contributed by atoms with Crippen molar-refractivity contribution < 1.29 is 14.6 Å².